The Kier molecular flexibility index (Phi) is 4.13. The number of aromatic nitrogens is 1. The third-order valence-corrected chi connectivity index (χ3v) is 3.73. The van der Waals surface area contributed by atoms with Crippen LogP contribution in [0.5, 0.6) is 5.75 Å². The Labute approximate surface area is 129 Å². The minimum Gasteiger partial charge on any atom is -0.494 e. The summed E-state index contributed by atoms with van der Waals surface area (Å²) in [4.78, 5) is 14.0. The van der Waals surface area contributed by atoms with E-state index in [9.17, 15) is 4.79 Å². The summed E-state index contributed by atoms with van der Waals surface area (Å²) in [5, 5.41) is 3.89. The number of amides is 1. The van der Waals surface area contributed by atoms with E-state index < -0.39 is 0 Å². The maximum atomic E-state index is 12.4. The van der Waals surface area contributed by atoms with Gasteiger partial charge in [0.05, 0.1) is 6.61 Å². The summed E-state index contributed by atoms with van der Waals surface area (Å²) in [6.45, 7) is 3.12. The lowest BCUT2D eigenvalue weighted by molar-refractivity contribution is 0.0774. The van der Waals surface area contributed by atoms with Crippen molar-refractivity contribution in [3.63, 3.8) is 0 Å². The van der Waals surface area contributed by atoms with Crippen molar-refractivity contribution in [2.45, 2.75) is 32.2 Å². The van der Waals surface area contributed by atoms with Gasteiger partial charge < -0.3 is 14.2 Å². The molecule has 0 aliphatic heterocycles. The lowest BCUT2D eigenvalue weighted by atomic mass is 10.2. The van der Waals surface area contributed by atoms with Crippen molar-refractivity contribution in [2.24, 2.45) is 0 Å². The van der Waals surface area contributed by atoms with Gasteiger partial charge in [0.25, 0.3) is 5.91 Å². The van der Waals surface area contributed by atoms with E-state index in [0.29, 0.717) is 24.8 Å². The lowest BCUT2D eigenvalue weighted by Gasteiger charge is -2.15. The highest BCUT2D eigenvalue weighted by molar-refractivity contribution is 5.92. The van der Waals surface area contributed by atoms with Gasteiger partial charge in [0, 0.05) is 25.6 Å². The van der Waals surface area contributed by atoms with Gasteiger partial charge in [0.2, 0.25) is 0 Å². The molecule has 0 unspecified atom stereocenters. The fraction of sp³-hybridized carbons (Fsp3) is 0.412. The number of rotatable bonds is 6. The van der Waals surface area contributed by atoms with Gasteiger partial charge in [-0.15, -0.1) is 0 Å². The van der Waals surface area contributed by atoms with Crippen molar-refractivity contribution in [3.8, 4) is 5.75 Å². The fourth-order valence-electron chi connectivity index (χ4n) is 2.35. The molecule has 3 rings (SSSR count). The van der Waals surface area contributed by atoms with Crippen molar-refractivity contribution in [1.29, 1.82) is 0 Å². The predicted molar refractivity (Wildman–Crippen MR) is 81.9 cm³/mol. The van der Waals surface area contributed by atoms with Crippen LogP contribution in [-0.2, 0) is 6.54 Å². The molecular weight excluding hydrogens is 280 g/mol. The van der Waals surface area contributed by atoms with E-state index in [4.69, 9.17) is 9.26 Å². The predicted octanol–water partition coefficient (Wildman–Crippen LogP) is 3.22. The number of carbonyl (C=O) groups excluding carboxylic acids is 1. The van der Waals surface area contributed by atoms with Crippen LogP contribution in [0.2, 0.25) is 0 Å². The Hall–Kier alpha value is -2.30. The molecule has 0 radical (unpaired) electrons. The minimum atomic E-state index is -0.121. The zero-order valence-electron chi connectivity index (χ0n) is 12.9. The number of hydrogen-bond donors (Lipinski definition) is 0. The number of ether oxygens (including phenoxy) is 1. The lowest BCUT2D eigenvalue weighted by Crippen LogP contribution is -2.26. The second-order valence-corrected chi connectivity index (χ2v) is 5.63. The van der Waals surface area contributed by atoms with Gasteiger partial charge in [-0.25, -0.2) is 0 Å². The Balaban J connectivity index is 1.62. The summed E-state index contributed by atoms with van der Waals surface area (Å²) in [5.74, 6) is 2.01. The first-order valence-electron chi connectivity index (χ1n) is 7.61. The van der Waals surface area contributed by atoms with Gasteiger partial charge in [-0.05, 0) is 37.5 Å². The molecule has 1 aliphatic rings. The molecule has 1 amide bonds. The van der Waals surface area contributed by atoms with E-state index in [1.54, 1.807) is 18.0 Å². The zero-order valence-corrected chi connectivity index (χ0v) is 12.9. The molecule has 0 N–H and O–H groups in total. The average Bonchev–Trinajstić information content (AvgIpc) is 3.26. The van der Waals surface area contributed by atoms with E-state index >= 15 is 0 Å². The van der Waals surface area contributed by atoms with E-state index in [1.165, 1.54) is 0 Å². The van der Waals surface area contributed by atoms with Gasteiger partial charge >= 0.3 is 0 Å². The summed E-state index contributed by atoms with van der Waals surface area (Å²) < 4.78 is 10.6. The molecule has 22 heavy (non-hydrogen) atoms. The molecule has 1 fully saturated rings. The van der Waals surface area contributed by atoms with Gasteiger partial charge in [-0.3, -0.25) is 4.79 Å². The van der Waals surface area contributed by atoms with Crippen molar-refractivity contribution in [3.05, 3.63) is 47.3 Å². The standard InChI is InChI=1S/C17H20N2O3/c1-3-21-14-8-4-12(5-9-14)11-19(2)17(20)15-10-16(22-18-15)13-6-7-13/h4-5,8-10,13H,3,6-7,11H2,1-2H3. The van der Waals surface area contributed by atoms with Gasteiger partial charge in [0.1, 0.15) is 11.5 Å². The van der Waals surface area contributed by atoms with Crippen LogP contribution < -0.4 is 4.74 Å². The summed E-state index contributed by atoms with van der Waals surface area (Å²) in [6.07, 6.45) is 2.26. The first-order chi connectivity index (χ1) is 10.7. The average molecular weight is 300 g/mol. The van der Waals surface area contributed by atoms with Crippen LogP contribution in [0, 0.1) is 0 Å². The quantitative estimate of drug-likeness (QED) is 0.822. The summed E-state index contributed by atoms with van der Waals surface area (Å²) in [6, 6.07) is 9.53. The summed E-state index contributed by atoms with van der Waals surface area (Å²) in [5.41, 5.74) is 1.43. The monoisotopic (exact) mass is 300 g/mol. The van der Waals surface area contributed by atoms with Gasteiger partial charge in [-0.2, -0.15) is 0 Å². The van der Waals surface area contributed by atoms with Crippen LogP contribution in [0.4, 0.5) is 0 Å². The van der Waals surface area contributed by atoms with Crippen LogP contribution in [0.3, 0.4) is 0 Å². The topological polar surface area (TPSA) is 55.6 Å². The molecule has 2 aromatic rings. The van der Waals surface area contributed by atoms with Gasteiger partial charge in [0.15, 0.2) is 5.69 Å². The Morgan fingerprint density at radius 1 is 1.36 bits per heavy atom. The Morgan fingerprint density at radius 3 is 2.73 bits per heavy atom. The number of nitrogens with zero attached hydrogens (tertiary/aromatic N) is 2. The molecule has 5 nitrogen and oxygen atoms in total. The first-order valence-corrected chi connectivity index (χ1v) is 7.61. The molecule has 5 heteroatoms. The number of benzene rings is 1. The maximum Gasteiger partial charge on any atom is 0.276 e. The van der Waals surface area contributed by atoms with Crippen molar-refractivity contribution in [1.82, 2.24) is 10.1 Å². The van der Waals surface area contributed by atoms with Gasteiger partial charge in [-0.1, -0.05) is 17.3 Å². The molecule has 1 aromatic heterocycles. The molecule has 0 spiro atoms. The van der Waals surface area contributed by atoms with Crippen LogP contribution in [0.15, 0.2) is 34.9 Å². The van der Waals surface area contributed by atoms with Crippen LogP contribution in [-0.4, -0.2) is 29.6 Å². The molecular formula is C17H20N2O3. The normalized spacial score (nSPS) is 13.9. The fourth-order valence-corrected chi connectivity index (χ4v) is 2.35. The smallest absolute Gasteiger partial charge is 0.276 e. The van der Waals surface area contributed by atoms with E-state index in [1.807, 2.05) is 31.2 Å². The molecule has 1 aliphatic carbocycles. The third-order valence-electron chi connectivity index (χ3n) is 3.73. The number of hydrogen-bond acceptors (Lipinski definition) is 4. The molecule has 0 bridgehead atoms. The van der Waals surface area contributed by atoms with Crippen molar-refractivity contribution < 1.29 is 14.1 Å². The van der Waals surface area contributed by atoms with Crippen LogP contribution in [0.1, 0.15) is 47.5 Å². The highest BCUT2D eigenvalue weighted by atomic mass is 16.5. The summed E-state index contributed by atoms with van der Waals surface area (Å²) >= 11 is 0. The van der Waals surface area contributed by atoms with Crippen LogP contribution >= 0.6 is 0 Å². The number of carbonyl (C=O) groups is 1. The molecule has 116 valence electrons. The Bertz CT molecular complexity index is 644. The first kappa shape index (κ1) is 14.6. The van der Waals surface area contributed by atoms with Crippen LogP contribution in [0.25, 0.3) is 0 Å². The van der Waals surface area contributed by atoms with Crippen molar-refractivity contribution >= 4 is 5.91 Å². The molecule has 1 heterocycles. The highest BCUT2D eigenvalue weighted by Gasteiger charge is 2.29. The summed E-state index contributed by atoms with van der Waals surface area (Å²) in [7, 11) is 1.77. The molecule has 0 saturated heterocycles. The Morgan fingerprint density at radius 2 is 2.09 bits per heavy atom. The van der Waals surface area contributed by atoms with E-state index in [2.05, 4.69) is 5.16 Å². The second kappa shape index (κ2) is 6.22. The SMILES string of the molecule is CCOc1ccc(CN(C)C(=O)c2cc(C3CC3)on2)cc1. The largest absolute Gasteiger partial charge is 0.494 e. The van der Waals surface area contributed by atoms with Crippen molar-refractivity contribution in [2.75, 3.05) is 13.7 Å². The van der Waals surface area contributed by atoms with E-state index in [0.717, 1.165) is 29.9 Å². The van der Waals surface area contributed by atoms with E-state index in [-0.39, 0.29) is 5.91 Å². The second-order valence-electron chi connectivity index (χ2n) is 5.63. The molecule has 0 atom stereocenters. The highest BCUT2D eigenvalue weighted by Crippen LogP contribution is 2.40. The minimum absolute atomic E-state index is 0.121. The zero-order chi connectivity index (χ0) is 15.5. The maximum absolute atomic E-state index is 12.4. The third kappa shape index (κ3) is 3.30. The molecule has 1 saturated carbocycles. The molecule has 1 aromatic carbocycles.